The minimum atomic E-state index is -0.655. The number of fused-ring (bicyclic) bond motifs is 1. The predicted octanol–water partition coefficient (Wildman–Crippen LogP) is 2.66. The Balaban J connectivity index is 1.47. The lowest BCUT2D eigenvalue weighted by molar-refractivity contribution is -0.852. The highest BCUT2D eigenvalue weighted by atomic mass is 35.5. The highest BCUT2D eigenvalue weighted by Crippen LogP contribution is 2.45. The maximum absolute atomic E-state index is 13.9. The molecule has 3 amide bonds. The van der Waals surface area contributed by atoms with Crippen LogP contribution in [-0.4, -0.2) is 73.2 Å². The molecule has 9 nitrogen and oxygen atoms in total. The van der Waals surface area contributed by atoms with Gasteiger partial charge in [-0.1, -0.05) is 17.7 Å². The Hall–Kier alpha value is -3.45. The molecule has 2 bridgehead atoms. The van der Waals surface area contributed by atoms with Crippen molar-refractivity contribution in [1.29, 1.82) is 5.26 Å². The Morgan fingerprint density at radius 1 is 1.17 bits per heavy atom. The van der Waals surface area contributed by atoms with Gasteiger partial charge in [-0.3, -0.25) is 9.59 Å². The molecule has 3 aliphatic rings. The third-order valence-corrected chi connectivity index (χ3v) is 7.87. The summed E-state index contributed by atoms with van der Waals surface area (Å²) in [5.41, 5.74) is 1.85. The fraction of sp³-hybridized carbons (Fsp3) is 0.360. The molecule has 3 aliphatic heterocycles. The van der Waals surface area contributed by atoms with Crippen LogP contribution in [0.3, 0.4) is 0 Å². The number of carbonyl (C=O) groups is 3. The second-order valence-corrected chi connectivity index (χ2v) is 9.49. The molecule has 1 spiro atoms. The van der Waals surface area contributed by atoms with E-state index in [1.807, 2.05) is 11.0 Å². The van der Waals surface area contributed by atoms with Crippen molar-refractivity contribution >= 4 is 35.0 Å². The van der Waals surface area contributed by atoms with Crippen LogP contribution < -0.4 is 14.4 Å². The van der Waals surface area contributed by atoms with Crippen molar-refractivity contribution in [3.63, 3.8) is 0 Å². The zero-order valence-electron chi connectivity index (χ0n) is 19.6. The molecular formula is C25H24ClN4O5+. The number of amides is 3. The summed E-state index contributed by atoms with van der Waals surface area (Å²) < 4.78 is 10.4. The number of nitriles is 1. The second kappa shape index (κ2) is 8.34. The van der Waals surface area contributed by atoms with Gasteiger partial charge in [0.15, 0.2) is 29.4 Å². The van der Waals surface area contributed by atoms with E-state index >= 15 is 0 Å². The van der Waals surface area contributed by atoms with Gasteiger partial charge >= 0.3 is 6.03 Å². The summed E-state index contributed by atoms with van der Waals surface area (Å²) in [4.78, 5) is 44.1. The van der Waals surface area contributed by atoms with Crippen LogP contribution in [0, 0.1) is 18.3 Å². The first-order valence-corrected chi connectivity index (χ1v) is 11.6. The molecule has 0 aliphatic carbocycles. The summed E-state index contributed by atoms with van der Waals surface area (Å²) in [6, 6.07) is 8.65. The lowest BCUT2D eigenvalue weighted by Crippen LogP contribution is -2.62. The Labute approximate surface area is 207 Å². The van der Waals surface area contributed by atoms with Crippen LogP contribution in [0.25, 0.3) is 0 Å². The molecule has 10 heteroatoms. The van der Waals surface area contributed by atoms with Gasteiger partial charge in [0, 0.05) is 6.42 Å². The molecule has 4 unspecified atom stereocenters. The van der Waals surface area contributed by atoms with Crippen LogP contribution in [0.15, 0.2) is 30.3 Å². The third-order valence-electron chi connectivity index (χ3n) is 7.38. The summed E-state index contributed by atoms with van der Waals surface area (Å²) in [5.74, 6) is 0.631. The number of nitrogens with zero attached hydrogens (tertiary/aromatic N) is 4. The molecular weight excluding hydrogens is 472 g/mol. The number of urea groups is 1. The van der Waals surface area contributed by atoms with Crippen molar-refractivity contribution in [1.82, 2.24) is 4.90 Å². The number of piperazine rings is 1. The maximum atomic E-state index is 13.9. The van der Waals surface area contributed by atoms with Crippen LogP contribution in [0.1, 0.15) is 16.7 Å². The van der Waals surface area contributed by atoms with Crippen molar-refractivity contribution in [2.75, 3.05) is 38.9 Å². The number of rotatable bonds is 6. The molecule has 0 radical (unpaired) electrons. The number of imide groups is 1. The highest BCUT2D eigenvalue weighted by molar-refractivity contribution is 6.33. The number of anilines is 1. The van der Waals surface area contributed by atoms with Gasteiger partial charge in [-0.05, 0) is 42.3 Å². The first-order chi connectivity index (χ1) is 16.8. The summed E-state index contributed by atoms with van der Waals surface area (Å²) in [6.07, 6.45) is 0.106. The van der Waals surface area contributed by atoms with Gasteiger partial charge < -0.3 is 9.47 Å². The van der Waals surface area contributed by atoms with Crippen LogP contribution in [-0.2, 0) is 16.0 Å². The number of Topliss-reactive ketones (excluding diaryl/α,β-unsaturated/α-hetero) is 1. The van der Waals surface area contributed by atoms with E-state index in [9.17, 15) is 19.6 Å². The van der Waals surface area contributed by atoms with E-state index in [-0.39, 0.29) is 33.2 Å². The number of ketones is 1. The Bertz CT molecular complexity index is 1320. The zero-order valence-corrected chi connectivity index (χ0v) is 20.3. The predicted molar refractivity (Wildman–Crippen MR) is 126 cm³/mol. The number of methoxy groups -OCH3 is 2. The number of carbonyl (C=O) groups excluding carboxylic acids is 3. The van der Waals surface area contributed by atoms with Crippen LogP contribution >= 0.6 is 11.6 Å². The maximum Gasteiger partial charge on any atom is 0.433 e. The SMILES string of the molecule is COc1ccc(CC(=O)C2CN3CC4C(=O)N(c5ccc(C#N)c(Cl)c5C)C(=O)[N+]24C3)cc1OC. The van der Waals surface area contributed by atoms with Crippen molar-refractivity contribution < 1.29 is 28.3 Å². The van der Waals surface area contributed by atoms with Crippen LogP contribution in [0.4, 0.5) is 10.5 Å². The van der Waals surface area contributed by atoms with Gasteiger partial charge in [0.05, 0.1) is 43.6 Å². The van der Waals surface area contributed by atoms with E-state index < -0.39 is 18.1 Å². The van der Waals surface area contributed by atoms with Crippen molar-refractivity contribution in [3.8, 4) is 17.6 Å². The van der Waals surface area contributed by atoms with Gasteiger partial charge in [0.2, 0.25) is 0 Å². The van der Waals surface area contributed by atoms with Gasteiger partial charge in [-0.2, -0.15) is 10.2 Å². The topological polar surface area (TPSA) is 99.9 Å². The molecule has 3 heterocycles. The van der Waals surface area contributed by atoms with Gasteiger partial charge in [0.25, 0.3) is 5.91 Å². The minimum absolute atomic E-state index is 0.106. The van der Waals surface area contributed by atoms with E-state index in [1.165, 1.54) is 13.2 Å². The van der Waals surface area contributed by atoms with Crippen molar-refractivity contribution in [2.45, 2.75) is 25.4 Å². The number of benzene rings is 2. The minimum Gasteiger partial charge on any atom is -0.493 e. The molecule has 0 N–H and O–H groups in total. The summed E-state index contributed by atoms with van der Waals surface area (Å²) in [5, 5.41) is 9.47. The van der Waals surface area contributed by atoms with E-state index in [0.29, 0.717) is 42.5 Å². The lowest BCUT2D eigenvalue weighted by atomic mass is 9.98. The molecule has 0 saturated carbocycles. The fourth-order valence-electron chi connectivity index (χ4n) is 5.64. The van der Waals surface area contributed by atoms with E-state index in [4.69, 9.17) is 21.1 Å². The molecule has 180 valence electrons. The number of hydrogen-bond donors (Lipinski definition) is 0. The lowest BCUT2D eigenvalue weighted by Gasteiger charge is -2.33. The molecule has 5 rings (SSSR count). The van der Waals surface area contributed by atoms with Crippen LogP contribution in [0.2, 0.25) is 5.02 Å². The monoisotopic (exact) mass is 495 g/mol. The van der Waals surface area contributed by atoms with Crippen molar-refractivity contribution in [3.05, 3.63) is 52.0 Å². The number of quaternary nitrogens is 1. The summed E-state index contributed by atoms with van der Waals surface area (Å²) >= 11 is 6.33. The molecule has 35 heavy (non-hydrogen) atoms. The first-order valence-electron chi connectivity index (χ1n) is 11.2. The molecule has 0 aromatic heterocycles. The van der Waals surface area contributed by atoms with Gasteiger partial charge in [0.1, 0.15) is 12.7 Å². The van der Waals surface area contributed by atoms with Gasteiger partial charge in [-0.15, -0.1) is 0 Å². The number of halogens is 1. The number of hydrogen-bond acceptors (Lipinski definition) is 7. The average molecular weight is 496 g/mol. The highest BCUT2D eigenvalue weighted by Gasteiger charge is 2.73. The largest absolute Gasteiger partial charge is 0.493 e. The number of ether oxygens (including phenoxy) is 2. The molecule has 2 aromatic rings. The summed E-state index contributed by atoms with van der Waals surface area (Å²) in [6.45, 7) is 2.84. The standard InChI is InChI=1S/C25H24ClN4O5/c1-14-17(6-5-16(10-27)23(14)26)29-24(32)19-12-28-11-18(30(19,13-28)25(29)33)20(31)8-15-4-7-21(34-2)22(9-15)35-3/h4-7,9,18-19H,8,11-13H2,1-3H3/q+1. The Kier molecular flexibility index (Phi) is 5.55. The zero-order chi connectivity index (χ0) is 25.1. The molecule has 4 atom stereocenters. The van der Waals surface area contributed by atoms with Gasteiger partial charge in [-0.25, -0.2) is 14.2 Å². The average Bonchev–Trinajstić information content (AvgIpc) is 3.49. The van der Waals surface area contributed by atoms with Crippen molar-refractivity contribution in [2.24, 2.45) is 0 Å². The molecule has 3 saturated heterocycles. The Morgan fingerprint density at radius 3 is 2.60 bits per heavy atom. The van der Waals surface area contributed by atoms with E-state index in [0.717, 1.165) is 10.5 Å². The fourth-order valence-corrected chi connectivity index (χ4v) is 5.84. The van der Waals surface area contributed by atoms with Crippen LogP contribution in [0.5, 0.6) is 11.5 Å². The first kappa shape index (κ1) is 23.3. The molecule has 2 aromatic carbocycles. The summed E-state index contributed by atoms with van der Waals surface area (Å²) in [7, 11) is 3.07. The van der Waals surface area contributed by atoms with E-state index in [1.54, 1.807) is 38.3 Å². The third kappa shape index (κ3) is 3.25. The second-order valence-electron chi connectivity index (χ2n) is 9.11. The van der Waals surface area contributed by atoms with E-state index in [2.05, 4.69) is 0 Å². The molecule has 3 fully saturated rings. The quantitative estimate of drug-likeness (QED) is 0.448. The smallest absolute Gasteiger partial charge is 0.433 e. The Morgan fingerprint density at radius 2 is 1.91 bits per heavy atom. The normalized spacial score (nSPS) is 26.6.